The Morgan fingerprint density at radius 2 is 1.64 bits per heavy atom. The van der Waals surface area contributed by atoms with Crippen molar-refractivity contribution in [1.82, 2.24) is 4.90 Å². The number of halogens is 2. The van der Waals surface area contributed by atoms with Crippen LogP contribution in [0.5, 0.6) is 0 Å². The SMILES string of the molecule is CCCNc1cc(N2CCN(C)CC2)ccc1S(=O)(=O)c1cc(F)cc(F)c1. The molecule has 0 radical (unpaired) electrons. The Morgan fingerprint density at radius 3 is 2.25 bits per heavy atom. The van der Waals surface area contributed by atoms with E-state index in [0.717, 1.165) is 50.4 Å². The highest BCUT2D eigenvalue weighted by molar-refractivity contribution is 7.91. The number of hydrogen-bond acceptors (Lipinski definition) is 5. The molecule has 152 valence electrons. The molecule has 1 saturated heterocycles. The standard InChI is InChI=1S/C20H25F2N3O2S/c1-3-6-23-19-14-17(25-9-7-24(2)8-10-25)4-5-20(19)28(26,27)18-12-15(21)11-16(22)13-18/h4-5,11-14,23H,3,6-10H2,1-2H3. The van der Waals surface area contributed by atoms with E-state index >= 15 is 0 Å². The lowest BCUT2D eigenvalue weighted by Crippen LogP contribution is -2.44. The second-order valence-electron chi connectivity index (χ2n) is 7.01. The minimum Gasteiger partial charge on any atom is -0.384 e. The molecule has 3 rings (SSSR count). The van der Waals surface area contributed by atoms with Crippen LogP contribution in [-0.2, 0) is 9.84 Å². The molecule has 1 fully saturated rings. The minimum atomic E-state index is -4.07. The number of nitrogens with one attached hydrogen (secondary N) is 1. The number of benzene rings is 2. The molecule has 0 atom stereocenters. The lowest BCUT2D eigenvalue weighted by Gasteiger charge is -2.34. The van der Waals surface area contributed by atoms with Gasteiger partial charge in [0.15, 0.2) is 0 Å². The Kier molecular flexibility index (Phi) is 6.20. The Hall–Kier alpha value is -2.19. The van der Waals surface area contributed by atoms with Gasteiger partial charge in [0.05, 0.1) is 15.5 Å². The fourth-order valence-electron chi connectivity index (χ4n) is 3.22. The summed E-state index contributed by atoms with van der Waals surface area (Å²) in [6.45, 7) is 6.14. The molecule has 0 aliphatic carbocycles. The molecule has 0 unspecified atom stereocenters. The van der Waals surface area contributed by atoms with Crippen molar-refractivity contribution in [3.05, 3.63) is 48.0 Å². The fourth-order valence-corrected chi connectivity index (χ4v) is 4.68. The molecule has 2 aromatic rings. The summed E-state index contributed by atoms with van der Waals surface area (Å²) in [7, 11) is -2.00. The first-order valence-electron chi connectivity index (χ1n) is 9.34. The topological polar surface area (TPSA) is 52.6 Å². The number of piperazine rings is 1. The number of likely N-dealkylation sites (N-methyl/N-ethyl adjacent to an activating group) is 1. The van der Waals surface area contributed by atoms with Gasteiger partial charge in [-0.15, -0.1) is 0 Å². The molecular weight excluding hydrogens is 384 g/mol. The highest BCUT2D eigenvalue weighted by Crippen LogP contribution is 2.32. The van der Waals surface area contributed by atoms with E-state index in [2.05, 4.69) is 22.2 Å². The molecule has 1 heterocycles. The van der Waals surface area contributed by atoms with Gasteiger partial charge in [0.2, 0.25) is 9.84 Å². The zero-order valence-corrected chi connectivity index (χ0v) is 16.9. The Morgan fingerprint density at radius 1 is 1.00 bits per heavy atom. The third-order valence-corrected chi connectivity index (χ3v) is 6.62. The third-order valence-electron chi connectivity index (χ3n) is 4.83. The number of anilines is 2. The molecule has 0 amide bonds. The lowest BCUT2D eigenvalue weighted by atomic mass is 10.2. The van der Waals surface area contributed by atoms with Gasteiger partial charge < -0.3 is 15.1 Å². The molecule has 1 aliphatic rings. The number of nitrogens with zero attached hydrogens (tertiary/aromatic N) is 2. The van der Waals surface area contributed by atoms with Crippen molar-refractivity contribution in [2.45, 2.75) is 23.1 Å². The molecule has 28 heavy (non-hydrogen) atoms. The number of sulfone groups is 1. The first kappa shape index (κ1) is 20.5. The lowest BCUT2D eigenvalue weighted by molar-refractivity contribution is 0.313. The second kappa shape index (κ2) is 8.45. The van der Waals surface area contributed by atoms with E-state index in [4.69, 9.17) is 0 Å². The molecule has 0 bridgehead atoms. The van der Waals surface area contributed by atoms with Crippen molar-refractivity contribution in [1.29, 1.82) is 0 Å². The summed E-state index contributed by atoms with van der Waals surface area (Å²) in [5.74, 6) is -1.84. The van der Waals surface area contributed by atoms with Crippen molar-refractivity contribution >= 4 is 21.2 Å². The summed E-state index contributed by atoms with van der Waals surface area (Å²) in [6.07, 6.45) is 0.812. The predicted octanol–water partition coefficient (Wildman–Crippen LogP) is 3.37. The molecular formula is C20H25F2N3O2S. The van der Waals surface area contributed by atoms with Gasteiger partial charge in [-0.05, 0) is 43.8 Å². The van der Waals surface area contributed by atoms with E-state index in [9.17, 15) is 17.2 Å². The van der Waals surface area contributed by atoms with Gasteiger partial charge in [-0.25, -0.2) is 17.2 Å². The molecule has 1 N–H and O–H groups in total. The average Bonchev–Trinajstić information content (AvgIpc) is 2.66. The average molecular weight is 410 g/mol. The van der Waals surface area contributed by atoms with Gasteiger partial charge in [-0.2, -0.15) is 0 Å². The molecule has 5 nitrogen and oxygen atoms in total. The second-order valence-corrected chi connectivity index (χ2v) is 8.92. The maximum atomic E-state index is 13.6. The van der Waals surface area contributed by atoms with Gasteiger partial charge in [0.1, 0.15) is 11.6 Å². The van der Waals surface area contributed by atoms with Crippen molar-refractivity contribution in [2.24, 2.45) is 0 Å². The molecule has 2 aromatic carbocycles. The smallest absolute Gasteiger partial charge is 0.208 e. The van der Waals surface area contributed by atoms with Gasteiger partial charge in [0.25, 0.3) is 0 Å². The van der Waals surface area contributed by atoms with E-state index in [0.29, 0.717) is 18.3 Å². The zero-order valence-electron chi connectivity index (χ0n) is 16.1. The highest BCUT2D eigenvalue weighted by atomic mass is 32.2. The predicted molar refractivity (Wildman–Crippen MR) is 107 cm³/mol. The van der Waals surface area contributed by atoms with Crippen molar-refractivity contribution in [3.63, 3.8) is 0 Å². The van der Waals surface area contributed by atoms with Gasteiger partial charge in [0, 0.05) is 44.5 Å². The van der Waals surface area contributed by atoms with Gasteiger partial charge >= 0.3 is 0 Å². The molecule has 0 aromatic heterocycles. The van der Waals surface area contributed by atoms with Crippen LogP contribution in [0.15, 0.2) is 46.2 Å². The van der Waals surface area contributed by atoms with Crippen LogP contribution in [0, 0.1) is 11.6 Å². The summed E-state index contributed by atoms with van der Waals surface area (Å²) in [5, 5.41) is 3.15. The molecule has 1 aliphatic heterocycles. The third kappa shape index (κ3) is 4.44. The monoisotopic (exact) mass is 409 g/mol. The maximum Gasteiger partial charge on any atom is 0.208 e. The first-order chi connectivity index (χ1) is 13.3. The van der Waals surface area contributed by atoms with Crippen LogP contribution in [0.2, 0.25) is 0 Å². The maximum absolute atomic E-state index is 13.6. The van der Waals surface area contributed by atoms with Crippen LogP contribution in [-0.4, -0.2) is 53.1 Å². The van der Waals surface area contributed by atoms with Crippen LogP contribution in [0.4, 0.5) is 20.2 Å². The van der Waals surface area contributed by atoms with Crippen LogP contribution in [0.1, 0.15) is 13.3 Å². The Labute approximate surface area is 164 Å². The number of rotatable bonds is 6. The Balaban J connectivity index is 2.01. The summed E-state index contributed by atoms with van der Waals surface area (Å²) < 4.78 is 53.3. The van der Waals surface area contributed by atoms with Crippen molar-refractivity contribution in [3.8, 4) is 0 Å². The van der Waals surface area contributed by atoms with E-state index < -0.39 is 26.4 Å². The number of hydrogen-bond donors (Lipinski definition) is 1. The summed E-state index contributed by atoms with van der Waals surface area (Å²) in [6, 6.07) is 7.43. The summed E-state index contributed by atoms with van der Waals surface area (Å²) in [4.78, 5) is 4.07. The van der Waals surface area contributed by atoms with Crippen LogP contribution < -0.4 is 10.2 Å². The van der Waals surface area contributed by atoms with Crippen molar-refractivity contribution < 1.29 is 17.2 Å². The van der Waals surface area contributed by atoms with Gasteiger partial charge in [-0.1, -0.05) is 6.92 Å². The first-order valence-corrected chi connectivity index (χ1v) is 10.8. The Bertz CT molecular complexity index is 922. The highest BCUT2D eigenvalue weighted by Gasteiger charge is 2.24. The van der Waals surface area contributed by atoms with E-state index in [1.54, 1.807) is 6.07 Å². The fraction of sp³-hybridized carbons (Fsp3) is 0.400. The molecule has 0 saturated carbocycles. The molecule has 8 heteroatoms. The summed E-state index contributed by atoms with van der Waals surface area (Å²) in [5.41, 5.74) is 1.37. The van der Waals surface area contributed by atoms with E-state index in [-0.39, 0.29) is 4.90 Å². The van der Waals surface area contributed by atoms with Gasteiger partial charge in [-0.3, -0.25) is 0 Å². The quantitative estimate of drug-likeness (QED) is 0.793. The minimum absolute atomic E-state index is 0.0174. The zero-order chi connectivity index (χ0) is 20.3. The van der Waals surface area contributed by atoms with Crippen molar-refractivity contribution in [2.75, 3.05) is 50.0 Å². The van der Waals surface area contributed by atoms with Crippen LogP contribution in [0.3, 0.4) is 0 Å². The normalized spacial score (nSPS) is 15.6. The summed E-state index contributed by atoms with van der Waals surface area (Å²) >= 11 is 0. The van der Waals surface area contributed by atoms with E-state index in [1.807, 2.05) is 13.0 Å². The largest absolute Gasteiger partial charge is 0.384 e. The van der Waals surface area contributed by atoms with Crippen LogP contribution in [0.25, 0.3) is 0 Å². The van der Waals surface area contributed by atoms with Crippen LogP contribution >= 0.6 is 0 Å². The molecule has 0 spiro atoms. The van der Waals surface area contributed by atoms with E-state index in [1.165, 1.54) is 6.07 Å².